The Hall–Kier alpha value is -0.610. The van der Waals surface area contributed by atoms with E-state index in [4.69, 9.17) is 9.47 Å². The fourth-order valence-electron chi connectivity index (χ4n) is 1.36. The van der Waals surface area contributed by atoms with Crippen molar-refractivity contribution in [3.05, 3.63) is 0 Å². The summed E-state index contributed by atoms with van der Waals surface area (Å²) in [6, 6.07) is 0. The summed E-state index contributed by atoms with van der Waals surface area (Å²) in [7, 11) is 0. The molecule has 1 unspecified atom stereocenters. The van der Waals surface area contributed by atoms with Crippen LogP contribution < -0.4 is 0 Å². The largest absolute Gasteiger partial charge is 0.479 e. The van der Waals surface area contributed by atoms with Crippen molar-refractivity contribution in [1.82, 2.24) is 0 Å². The number of ether oxygens (including phenoxy) is 2. The van der Waals surface area contributed by atoms with Crippen LogP contribution in [0.15, 0.2) is 0 Å². The van der Waals surface area contributed by atoms with Gasteiger partial charge in [-0.1, -0.05) is 13.8 Å². The van der Waals surface area contributed by atoms with Crippen LogP contribution in [0.25, 0.3) is 0 Å². The molecule has 0 spiro atoms. The van der Waals surface area contributed by atoms with Crippen molar-refractivity contribution in [2.24, 2.45) is 5.92 Å². The third kappa shape index (κ3) is 7.34. The van der Waals surface area contributed by atoms with Crippen LogP contribution in [0.5, 0.6) is 0 Å². The van der Waals surface area contributed by atoms with E-state index in [1.165, 1.54) is 0 Å². The molecule has 102 valence electrons. The van der Waals surface area contributed by atoms with E-state index < -0.39 is 11.6 Å². The zero-order chi connectivity index (χ0) is 13.5. The lowest BCUT2D eigenvalue weighted by atomic mass is 9.95. The molecule has 0 aromatic heterocycles. The Labute approximate surface area is 104 Å². The first-order valence-corrected chi connectivity index (χ1v) is 6.27. The maximum Gasteiger partial charge on any atom is 0.335 e. The summed E-state index contributed by atoms with van der Waals surface area (Å²) in [5, 5.41) is 9.19. The van der Waals surface area contributed by atoms with Crippen LogP contribution in [0, 0.1) is 5.92 Å². The first kappa shape index (κ1) is 16.4. The maximum absolute atomic E-state index is 11.2. The van der Waals surface area contributed by atoms with Crippen molar-refractivity contribution in [2.45, 2.75) is 59.2 Å². The zero-order valence-electron chi connectivity index (χ0n) is 11.7. The second kappa shape index (κ2) is 7.67. The SMILES string of the molecule is CC(C)CCC(C)(OCCOC(C)C)C(=O)O. The van der Waals surface area contributed by atoms with Crippen LogP contribution in [0.2, 0.25) is 0 Å². The molecule has 0 fully saturated rings. The van der Waals surface area contributed by atoms with Crippen LogP contribution in [0.1, 0.15) is 47.5 Å². The predicted octanol–water partition coefficient (Wildman–Crippen LogP) is 2.71. The molecule has 0 aromatic carbocycles. The van der Waals surface area contributed by atoms with Crippen molar-refractivity contribution >= 4 is 5.97 Å². The van der Waals surface area contributed by atoms with Crippen LogP contribution in [0.3, 0.4) is 0 Å². The van der Waals surface area contributed by atoms with Gasteiger partial charge < -0.3 is 14.6 Å². The Kier molecular flexibility index (Phi) is 7.39. The molecule has 0 bridgehead atoms. The summed E-state index contributed by atoms with van der Waals surface area (Å²) in [4.78, 5) is 11.2. The molecular weight excluding hydrogens is 220 g/mol. The second-order valence-electron chi connectivity index (χ2n) is 5.24. The maximum atomic E-state index is 11.2. The van der Waals surface area contributed by atoms with E-state index in [0.717, 1.165) is 6.42 Å². The van der Waals surface area contributed by atoms with Crippen molar-refractivity contribution < 1.29 is 19.4 Å². The van der Waals surface area contributed by atoms with Gasteiger partial charge in [0, 0.05) is 0 Å². The number of carboxylic acids is 1. The second-order valence-corrected chi connectivity index (χ2v) is 5.24. The summed E-state index contributed by atoms with van der Waals surface area (Å²) >= 11 is 0. The minimum absolute atomic E-state index is 0.144. The van der Waals surface area contributed by atoms with Crippen LogP contribution in [0.4, 0.5) is 0 Å². The standard InChI is InChI=1S/C13H26O4/c1-10(2)6-7-13(5,12(14)15)17-9-8-16-11(3)4/h10-11H,6-9H2,1-5H3,(H,14,15). The molecule has 0 heterocycles. The molecule has 0 radical (unpaired) electrons. The number of aliphatic carboxylic acids is 1. The Balaban J connectivity index is 4.08. The topological polar surface area (TPSA) is 55.8 Å². The lowest BCUT2D eigenvalue weighted by Crippen LogP contribution is -2.39. The molecule has 0 rings (SSSR count). The average Bonchev–Trinajstić information content (AvgIpc) is 2.21. The van der Waals surface area contributed by atoms with E-state index >= 15 is 0 Å². The van der Waals surface area contributed by atoms with Crippen LogP contribution in [-0.2, 0) is 14.3 Å². The molecular formula is C13H26O4. The van der Waals surface area contributed by atoms with E-state index in [1.807, 2.05) is 13.8 Å². The monoisotopic (exact) mass is 246 g/mol. The highest BCUT2D eigenvalue weighted by Crippen LogP contribution is 2.21. The molecule has 1 atom stereocenters. The number of hydrogen-bond acceptors (Lipinski definition) is 3. The third-order valence-corrected chi connectivity index (χ3v) is 2.61. The molecule has 0 saturated heterocycles. The van der Waals surface area contributed by atoms with Gasteiger partial charge in [0.1, 0.15) is 0 Å². The molecule has 1 N–H and O–H groups in total. The van der Waals surface area contributed by atoms with Crippen LogP contribution >= 0.6 is 0 Å². The van der Waals surface area contributed by atoms with Gasteiger partial charge in [0.15, 0.2) is 5.60 Å². The molecule has 17 heavy (non-hydrogen) atoms. The molecule has 0 aliphatic rings. The average molecular weight is 246 g/mol. The van der Waals surface area contributed by atoms with Gasteiger partial charge in [-0.2, -0.15) is 0 Å². The van der Waals surface area contributed by atoms with E-state index in [0.29, 0.717) is 25.6 Å². The Morgan fingerprint density at radius 2 is 1.82 bits per heavy atom. The molecule has 4 heteroatoms. The van der Waals surface area contributed by atoms with Crippen molar-refractivity contribution in [3.8, 4) is 0 Å². The molecule has 0 aliphatic heterocycles. The van der Waals surface area contributed by atoms with Crippen LogP contribution in [-0.4, -0.2) is 36.0 Å². The van der Waals surface area contributed by atoms with Gasteiger partial charge in [-0.25, -0.2) is 4.79 Å². The van der Waals surface area contributed by atoms with Gasteiger partial charge in [0.2, 0.25) is 0 Å². The minimum Gasteiger partial charge on any atom is -0.479 e. The smallest absolute Gasteiger partial charge is 0.335 e. The molecule has 0 aliphatic carbocycles. The quantitative estimate of drug-likeness (QED) is 0.635. The van der Waals surface area contributed by atoms with Crippen molar-refractivity contribution in [1.29, 1.82) is 0 Å². The van der Waals surface area contributed by atoms with Gasteiger partial charge in [0.05, 0.1) is 19.3 Å². The Morgan fingerprint density at radius 1 is 1.24 bits per heavy atom. The molecule has 4 nitrogen and oxygen atoms in total. The first-order valence-electron chi connectivity index (χ1n) is 6.27. The minimum atomic E-state index is -1.09. The number of carbonyl (C=O) groups is 1. The summed E-state index contributed by atoms with van der Waals surface area (Å²) in [6.07, 6.45) is 1.51. The number of rotatable bonds is 9. The highest BCUT2D eigenvalue weighted by molar-refractivity contribution is 5.76. The third-order valence-electron chi connectivity index (χ3n) is 2.61. The lowest BCUT2D eigenvalue weighted by Gasteiger charge is -2.26. The van der Waals surface area contributed by atoms with Crippen molar-refractivity contribution in [3.63, 3.8) is 0 Å². The zero-order valence-corrected chi connectivity index (χ0v) is 11.7. The van der Waals surface area contributed by atoms with E-state index in [-0.39, 0.29) is 6.10 Å². The Bertz CT molecular complexity index is 225. The first-order chi connectivity index (χ1) is 7.78. The summed E-state index contributed by atoms with van der Waals surface area (Å²) in [6.45, 7) is 10.4. The van der Waals surface area contributed by atoms with Gasteiger partial charge >= 0.3 is 5.97 Å². The summed E-state index contributed by atoms with van der Waals surface area (Å²) in [5.74, 6) is -0.424. The van der Waals surface area contributed by atoms with Gasteiger partial charge in [-0.05, 0) is 39.5 Å². The van der Waals surface area contributed by atoms with Gasteiger partial charge in [0.25, 0.3) is 0 Å². The number of hydrogen-bond donors (Lipinski definition) is 1. The summed E-state index contributed by atoms with van der Waals surface area (Å²) < 4.78 is 10.8. The fourth-order valence-corrected chi connectivity index (χ4v) is 1.36. The predicted molar refractivity (Wildman–Crippen MR) is 67.2 cm³/mol. The molecule has 0 saturated carbocycles. The van der Waals surface area contributed by atoms with E-state index in [2.05, 4.69) is 13.8 Å². The van der Waals surface area contributed by atoms with E-state index in [1.54, 1.807) is 6.92 Å². The summed E-state index contributed by atoms with van der Waals surface area (Å²) in [5.41, 5.74) is -1.09. The van der Waals surface area contributed by atoms with E-state index in [9.17, 15) is 9.90 Å². The normalized spacial score (nSPS) is 15.2. The highest BCUT2D eigenvalue weighted by atomic mass is 16.6. The fraction of sp³-hybridized carbons (Fsp3) is 0.923. The number of carboxylic acid groups (broad SMARTS) is 1. The van der Waals surface area contributed by atoms with Crippen molar-refractivity contribution in [2.75, 3.05) is 13.2 Å². The molecule has 0 aromatic rings. The van der Waals surface area contributed by atoms with Gasteiger partial charge in [-0.15, -0.1) is 0 Å². The lowest BCUT2D eigenvalue weighted by molar-refractivity contribution is -0.167. The Morgan fingerprint density at radius 3 is 2.24 bits per heavy atom. The highest BCUT2D eigenvalue weighted by Gasteiger charge is 2.33. The van der Waals surface area contributed by atoms with Gasteiger partial charge in [-0.3, -0.25) is 0 Å². The molecule has 0 amide bonds.